The average Bonchev–Trinajstić information content (AvgIpc) is 2.63. The Morgan fingerprint density at radius 1 is 1.50 bits per heavy atom. The van der Waals surface area contributed by atoms with Crippen LogP contribution in [0.1, 0.15) is 33.1 Å². The van der Waals surface area contributed by atoms with E-state index in [0.29, 0.717) is 12.3 Å². The zero-order chi connectivity index (χ0) is 9.19. The Morgan fingerprint density at radius 2 is 2.08 bits per heavy atom. The summed E-state index contributed by atoms with van der Waals surface area (Å²) in [5.41, 5.74) is 0. The molecule has 0 aromatic rings. The first kappa shape index (κ1) is 9.96. The van der Waals surface area contributed by atoms with Gasteiger partial charge in [0, 0.05) is 6.61 Å². The number of ether oxygens (including phenoxy) is 1. The number of aliphatic hydroxyl groups excluding tert-OH is 1. The van der Waals surface area contributed by atoms with E-state index in [2.05, 4.69) is 0 Å². The second-order valence-corrected chi connectivity index (χ2v) is 3.95. The maximum atomic E-state index is 9.39. The van der Waals surface area contributed by atoms with Crippen molar-refractivity contribution in [2.75, 3.05) is 6.61 Å². The van der Waals surface area contributed by atoms with Crippen molar-refractivity contribution in [3.8, 4) is 0 Å². The van der Waals surface area contributed by atoms with Gasteiger partial charge in [-0.15, -0.1) is 0 Å². The lowest BCUT2D eigenvalue weighted by Gasteiger charge is -2.25. The molecule has 0 saturated heterocycles. The van der Waals surface area contributed by atoms with Crippen molar-refractivity contribution >= 4 is 0 Å². The van der Waals surface area contributed by atoms with E-state index in [1.165, 1.54) is 12.8 Å². The predicted octanol–water partition coefficient (Wildman–Crippen LogP) is 0.892. The van der Waals surface area contributed by atoms with Crippen LogP contribution in [0.3, 0.4) is 0 Å². The molecule has 1 aliphatic rings. The standard InChI is InChI=1S/C9H18O3/c1-9(2,11)12-8(5-6-10)7-3-4-7/h7-8,10-11H,3-6H2,1-2H3/t8-/m0/s1. The molecule has 1 rings (SSSR count). The Hall–Kier alpha value is -0.120. The number of aliphatic hydroxyl groups is 2. The van der Waals surface area contributed by atoms with Crippen LogP contribution in [-0.2, 0) is 4.74 Å². The summed E-state index contributed by atoms with van der Waals surface area (Å²) in [4.78, 5) is 0. The van der Waals surface area contributed by atoms with Crippen molar-refractivity contribution in [2.45, 2.75) is 45.0 Å². The van der Waals surface area contributed by atoms with Gasteiger partial charge in [0.1, 0.15) is 0 Å². The summed E-state index contributed by atoms with van der Waals surface area (Å²) in [6.45, 7) is 3.39. The minimum absolute atomic E-state index is 0.0370. The van der Waals surface area contributed by atoms with Gasteiger partial charge in [0.15, 0.2) is 5.79 Å². The van der Waals surface area contributed by atoms with Crippen LogP contribution in [0.15, 0.2) is 0 Å². The summed E-state index contributed by atoms with van der Waals surface area (Å²) in [6.07, 6.45) is 3.01. The molecule has 1 atom stereocenters. The summed E-state index contributed by atoms with van der Waals surface area (Å²) in [6, 6.07) is 0. The van der Waals surface area contributed by atoms with Gasteiger partial charge in [-0.2, -0.15) is 0 Å². The molecule has 1 aliphatic carbocycles. The average molecular weight is 174 g/mol. The Labute approximate surface area is 73.4 Å². The largest absolute Gasteiger partial charge is 0.396 e. The molecular weight excluding hydrogens is 156 g/mol. The molecule has 3 heteroatoms. The van der Waals surface area contributed by atoms with Crippen LogP contribution in [0.5, 0.6) is 0 Å². The first-order valence-electron chi connectivity index (χ1n) is 4.54. The first-order valence-corrected chi connectivity index (χ1v) is 4.54. The third-order valence-electron chi connectivity index (χ3n) is 2.00. The van der Waals surface area contributed by atoms with Crippen molar-refractivity contribution in [1.29, 1.82) is 0 Å². The van der Waals surface area contributed by atoms with Crippen LogP contribution >= 0.6 is 0 Å². The Morgan fingerprint density at radius 3 is 2.42 bits per heavy atom. The van der Waals surface area contributed by atoms with E-state index in [4.69, 9.17) is 9.84 Å². The molecule has 0 unspecified atom stereocenters. The third kappa shape index (κ3) is 3.52. The fourth-order valence-electron chi connectivity index (χ4n) is 1.36. The number of rotatable bonds is 5. The molecule has 1 saturated carbocycles. The van der Waals surface area contributed by atoms with Crippen LogP contribution < -0.4 is 0 Å². The lowest BCUT2D eigenvalue weighted by Crippen LogP contribution is -2.32. The highest BCUT2D eigenvalue weighted by Gasteiger charge is 2.34. The van der Waals surface area contributed by atoms with E-state index in [-0.39, 0.29) is 12.7 Å². The highest BCUT2D eigenvalue weighted by Crippen LogP contribution is 2.37. The maximum absolute atomic E-state index is 9.39. The third-order valence-corrected chi connectivity index (χ3v) is 2.00. The fraction of sp³-hybridized carbons (Fsp3) is 1.00. The quantitative estimate of drug-likeness (QED) is 0.609. The zero-order valence-corrected chi connectivity index (χ0v) is 7.79. The van der Waals surface area contributed by atoms with Crippen molar-refractivity contribution < 1.29 is 14.9 Å². The summed E-state index contributed by atoms with van der Waals surface area (Å²) >= 11 is 0. The highest BCUT2D eigenvalue weighted by atomic mass is 16.6. The molecule has 0 heterocycles. The molecule has 0 radical (unpaired) electrons. The molecule has 1 fully saturated rings. The van der Waals surface area contributed by atoms with Gasteiger partial charge >= 0.3 is 0 Å². The molecule has 0 amide bonds. The molecule has 0 bridgehead atoms. The van der Waals surface area contributed by atoms with Gasteiger partial charge < -0.3 is 14.9 Å². The van der Waals surface area contributed by atoms with Crippen LogP contribution in [0.25, 0.3) is 0 Å². The minimum Gasteiger partial charge on any atom is -0.396 e. The smallest absolute Gasteiger partial charge is 0.160 e. The van der Waals surface area contributed by atoms with Crippen LogP contribution in [0.4, 0.5) is 0 Å². The molecular formula is C9H18O3. The number of hydrogen-bond donors (Lipinski definition) is 2. The molecule has 0 spiro atoms. The van der Waals surface area contributed by atoms with Gasteiger partial charge in [-0.3, -0.25) is 0 Å². The molecule has 0 aromatic carbocycles. The second kappa shape index (κ2) is 3.73. The molecule has 3 nitrogen and oxygen atoms in total. The lowest BCUT2D eigenvalue weighted by atomic mass is 10.1. The van der Waals surface area contributed by atoms with Gasteiger partial charge in [0.25, 0.3) is 0 Å². The Bertz CT molecular complexity index is 135. The van der Waals surface area contributed by atoms with Gasteiger partial charge in [0.05, 0.1) is 6.10 Å². The molecule has 2 N–H and O–H groups in total. The molecule has 12 heavy (non-hydrogen) atoms. The highest BCUT2D eigenvalue weighted by molar-refractivity contribution is 4.82. The minimum atomic E-state index is -1.07. The Balaban J connectivity index is 2.32. The van der Waals surface area contributed by atoms with Crippen LogP contribution in [0, 0.1) is 5.92 Å². The molecule has 0 aliphatic heterocycles. The summed E-state index contributed by atoms with van der Waals surface area (Å²) < 4.78 is 5.40. The van der Waals surface area contributed by atoms with E-state index >= 15 is 0 Å². The van der Waals surface area contributed by atoms with E-state index in [0.717, 1.165) is 0 Å². The first-order chi connectivity index (χ1) is 5.53. The van der Waals surface area contributed by atoms with Crippen LogP contribution in [0.2, 0.25) is 0 Å². The van der Waals surface area contributed by atoms with Crippen molar-refractivity contribution in [2.24, 2.45) is 5.92 Å². The second-order valence-electron chi connectivity index (χ2n) is 3.95. The van der Waals surface area contributed by atoms with E-state index in [1.807, 2.05) is 0 Å². The van der Waals surface area contributed by atoms with E-state index in [9.17, 15) is 5.11 Å². The SMILES string of the molecule is CC(C)(O)O[C@@H](CCO)C1CC1. The topological polar surface area (TPSA) is 49.7 Å². The van der Waals surface area contributed by atoms with Crippen LogP contribution in [-0.4, -0.2) is 28.7 Å². The summed E-state index contributed by atoms with van der Waals surface area (Å²) in [5.74, 6) is -0.508. The van der Waals surface area contributed by atoms with Gasteiger partial charge in [-0.25, -0.2) is 0 Å². The van der Waals surface area contributed by atoms with Gasteiger partial charge in [-0.1, -0.05) is 0 Å². The van der Waals surface area contributed by atoms with Crippen molar-refractivity contribution in [1.82, 2.24) is 0 Å². The normalized spacial score (nSPS) is 21.0. The molecule has 72 valence electrons. The van der Waals surface area contributed by atoms with E-state index < -0.39 is 5.79 Å². The number of hydrogen-bond acceptors (Lipinski definition) is 3. The van der Waals surface area contributed by atoms with Crippen molar-refractivity contribution in [3.63, 3.8) is 0 Å². The van der Waals surface area contributed by atoms with Crippen molar-refractivity contribution in [3.05, 3.63) is 0 Å². The van der Waals surface area contributed by atoms with Gasteiger partial charge in [-0.05, 0) is 39.0 Å². The Kier molecular flexibility index (Phi) is 3.09. The fourth-order valence-corrected chi connectivity index (χ4v) is 1.36. The predicted molar refractivity (Wildman–Crippen MR) is 45.6 cm³/mol. The monoisotopic (exact) mass is 174 g/mol. The lowest BCUT2D eigenvalue weighted by molar-refractivity contribution is -0.212. The summed E-state index contributed by atoms with van der Waals surface area (Å²) in [5, 5.41) is 18.1. The summed E-state index contributed by atoms with van der Waals surface area (Å²) in [7, 11) is 0. The zero-order valence-electron chi connectivity index (χ0n) is 7.79. The van der Waals surface area contributed by atoms with E-state index in [1.54, 1.807) is 13.8 Å². The van der Waals surface area contributed by atoms with Gasteiger partial charge in [0.2, 0.25) is 0 Å². The molecule has 0 aromatic heterocycles. The maximum Gasteiger partial charge on any atom is 0.160 e.